The first kappa shape index (κ1) is 17.0. The van der Waals surface area contributed by atoms with Crippen molar-refractivity contribution in [3.63, 3.8) is 0 Å². The van der Waals surface area contributed by atoms with Crippen LogP contribution in [0.5, 0.6) is 5.75 Å². The van der Waals surface area contributed by atoms with E-state index in [1.807, 2.05) is 0 Å². The molecule has 1 N–H and O–H groups in total. The van der Waals surface area contributed by atoms with Gasteiger partial charge < -0.3 is 15.0 Å². The van der Waals surface area contributed by atoms with E-state index >= 15 is 0 Å². The van der Waals surface area contributed by atoms with Gasteiger partial charge in [-0.05, 0) is 23.7 Å². The number of nitrogens with zero attached hydrogens (tertiary/aromatic N) is 1. The summed E-state index contributed by atoms with van der Waals surface area (Å²) in [6.45, 7) is 0. The van der Waals surface area contributed by atoms with Gasteiger partial charge in [-0.25, -0.2) is 0 Å². The number of carboxylic acid groups (broad SMARTS) is 1. The van der Waals surface area contributed by atoms with Gasteiger partial charge in [-0.1, -0.05) is 12.1 Å². The number of carbonyl (C=O) groups excluding carboxylic acids is 1. The molecule has 20 heavy (non-hydrogen) atoms. The number of aromatic hydroxyl groups is 1. The third kappa shape index (κ3) is 3.32. The Morgan fingerprint density at radius 3 is 2.50 bits per heavy atom. The van der Waals surface area contributed by atoms with Crippen LogP contribution in [0, 0.1) is 0 Å². The first-order chi connectivity index (χ1) is 8.80. The van der Waals surface area contributed by atoms with Gasteiger partial charge in [0.15, 0.2) is 5.75 Å². The van der Waals surface area contributed by atoms with E-state index in [1.54, 1.807) is 0 Å². The molecule has 4 nitrogen and oxygen atoms in total. The molecular weight excluding hydrogens is 306 g/mol. The van der Waals surface area contributed by atoms with Crippen LogP contribution in [0.15, 0.2) is 24.3 Å². The maximum absolute atomic E-state index is 12.5. The number of carbonyl (C=O) groups is 1. The molecule has 0 fully saturated rings. The molecule has 100 valence electrons. The molecule has 0 atom stereocenters. The Morgan fingerprint density at radius 2 is 2.00 bits per heavy atom. The Hall–Kier alpha value is -1.09. The first-order valence-electron chi connectivity index (χ1n) is 4.88. The van der Waals surface area contributed by atoms with E-state index in [-0.39, 0.29) is 40.8 Å². The largest absolute Gasteiger partial charge is 1.00 e. The summed E-state index contributed by atoms with van der Waals surface area (Å²) in [6.07, 6.45) is -4.53. The van der Waals surface area contributed by atoms with Gasteiger partial charge in [0.2, 0.25) is 0 Å². The second-order valence-electron chi connectivity index (χ2n) is 3.57. The summed E-state index contributed by atoms with van der Waals surface area (Å²) in [5.41, 5.74) is -1.14. The van der Waals surface area contributed by atoms with Crippen molar-refractivity contribution in [2.45, 2.75) is 6.18 Å². The summed E-state index contributed by atoms with van der Waals surface area (Å²) in [5.74, 6) is -2.32. The Bertz CT molecular complexity index is 642. The molecule has 0 radical (unpaired) electrons. The monoisotopic (exact) mass is 311 g/mol. The summed E-state index contributed by atoms with van der Waals surface area (Å²) in [6, 6.07) is 4.10. The zero-order valence-corrected chi connectivity index (χ0v) is 12.9. The Balaban J connectivity index is 0.00000200. The van der Waals surface area contributed by atoms with Crippen molar-refractivity contribution in [3.8, 4) is 17.0 Å². The zero-order valence-electron chi connectivity index (χ0n) is 10.1. The van der Waals surface area contributed by atoms with E-state index < -0.39 is 28.3 Å². The molecule has 0 aliphatic heterocycles. The number of carboxylic acids is 1. The Morgan fingerprint density at radius 1 is 1.35 bits per heavy atom. The molecule has 0 unspecified atom stereocenters. The Labute approximate surface area is 137 Å². The minimum Gasteiger partial charge on any atom is -0.544 e. The van der Waals surface area contributed by atoms with Crippen LogP contribution in [0.4, 0.5) is 13.2 Å². The molecule has 1 heterocycles. The fourth-order valence-corrected chi connectivity index (χ4v) is 2.08. The predicted octanol–water partition coefficient (Wildman–Crippen LogP) is -1.10. The van der Waals surface area contributed by atoms with Crippen LogP contribution in [0.2, 0.25) is 0 Å². The van der Waals surface area contributed by atoms with Crippen molar-refractivity contribution in [1.29, 1.82) is 0 Å². The van der Waals surface area contributed by atoms with Crippen LogP contribution in [-0.4, -0.2) is 15.4 Å². The van der Waals surface area contributed by atoms with Crippen LogP contribution in [0.3, 0.4) is 0 Å². The summed E-state index contributed by atoms with van der Waals surface area (Å²) < 4.78 is 41.2. The summed E-state index contributed by atoms with van der Waals surface area (Å²) in [4.78, 5) is 10.1. The molecule has 0 bridgehead atoms. The molecule has 0 saturated heterocycles. The molecule has 0 aliphatic carbocycles. The molecular formula is C11H5F3NNaO3S. The first-order valence-corrected chi connectivity index (χ1v) is 5.65. The second-order valence-corrected chi connectivity index (χ2v) is 4.35. The van der Waals surface area contributed by atoms with Gasteiger partial charge in [-0.2, -0.15) is 17.5 Å². The summed E-state index contributed by atoms with van der Waals surface area (Å²) in [5, 5.41) is 20.2. The van der Waals surface area contributed by atoms with E-state index in [2.05, 4.69) is 4.37 Å². The van der Waals surface area contributed by atoms with Crippen LogP contribution >= 0.6 is 11.5 Å². The summed E-state index contributed by atoms with van der Waals surface area (Å²) >= 11 is 0.449. The van der Waals surface area contributed by atoms with Crippen LogP contribution in [-0.2, 0) is 6.18 Å². The van der Waals surface area contributed by atoms with Gasteiger partial charge in [0.1, 0.15) is 10.6 Å². The molecule has 0 spiro atoms. The average molecular weight is 311 g/mol. The van der Waals surface area contributed by atoms with Gasteiger partial charge in [0.05, 0.1) is 11.5 Å². The fraction of sp³-hybridized carbons (Fsp3) is 0.0909. The minimum absolute atomic E-state index is 0. The maximum atomic E-state index is 12.5. The van der Waals surface area contributed by atoms with Crippen LogP contribution < -0.4 is 34.7 Å². The number of benzene rings is 1. The number of aromatic nitrogens is 1. The molecule has 9 heteroatoms. The number of hydrogen-bond donors (Lipinski definition) is 1. The Kier molecular flexibility index (Phi) is 5.20. The van der Waals surface area contributed by atoms with E-state index in [1.165, 1.54) is 6.07 Å². The topological polar surface area (TPSA) is 73.2 Å². The third-order valence-electron chi connectivity index (χ3n) is 2.32. The summed E-state index contributed by atoms with van der Waals surface area (Å²) in [7, 11) is 0. The van der Waals surface area contributed by atoms with Gasteiger partial charge in [-0.3, -0.25) is 0 Å². The maximum Gasteiger partial charge on any atom is 1.00 e. The smallest absolute Gasteiger partial charge is 0.544 e. The van der Waals surface area contributed by atoms with Gasteiger partial charge >= 0.3 is 35.7 Å². The minimum atomic E-state index is -4.53. The molecule has 2 aromatic rings. The van der Waals surface area contributed by atoms with Crippen molar-refractivity contribution in [3.05, 3.63) is 34.7 Å². The molecule has 0 saturated carbocycles. The van der Waals surface area contributed by atoms with Gasteiger partial charge in [-0.15, -0.1) is 0 Å². The number of hydrogen-bond acceptors (Lipinski definition) is 5. The molecule has 0 aliphatic rings. The third-order valence-corrected chi connectivity index (χ3v) is 3.13. The van der Waals surface area contributed by atoms with Crippen molar-refractivity contribution in [1.82, 2.24) is 4.37 Å². The standard InChI is InChI=1S/C11H6F3NO3S.Na/c12-11(13,14)6-3-1-2-5(4-6)7-8(16)9(10(17)18)19-15-7;/h1-4,16H,(H,17,18);/q;+1/p-1. The van der Waals surface area contributed by atoms with Crippen molar-refractivity contribution < 1.29 is 57.7 Å². The average Bonchev–Trinajstić information content (AvgIpc) is 2.70. The molecule has 1 aromatic heterocycles. The van der Waals surface area contributed by atoms with E-state index in [4.69, 9.17) is 0 Å². The number of rotatable bonds is 2. The van der Waals surface area contributed by atoms with Gasteiger partial charge in [0, 0.05) is 5.56 Å². The quantitative estimate of drug-likeness (QED) is 0.715. The predicted molar refractivity (Wildman–Crippen MR) is 58.5 cm³/mol. The van der Waals surface area contributed by atoms with Gasteiger partial charge in [0.25, 0.3) is 0 Å². The molecule has 1 aromatic carbocycles. The van der Waals surface area contributed by atoms with Crippen LogP contribution in [0.1, 0.15) is 15.2 Å². The number of aromatic carboxylic acids is 1. The van der Waals surface area contributed by atoms with E-state index in [9.17, 15) is 28.2 Å². The number of alkyl halides is 3. The second kappa shape index (κ2) is 6.13. The van der Waals surface area contributed by atoms with Crippen molar-refractivity contribution in [2.24, 2.45) is 0 Å². The molecule has 2 rings (SSSR count). The normalized spacial score (nSPS) is 10.9. The number of halogens is 3. The fourth-order valence-electron chi connectivity index (χ4n) is 1.45. The van der Waals surface area contributed by atoms with E-state index in [0.29, 0.717) is 11.5 Å². The SMILES string of the molecule is O=C([O-])c1snc(-c2cccc(C(F)(F)F)c2)c1O.[Na+]. The van der Waals surface area contributed by atoms with Crippen molar-refractivity contribution >= 4 is 17.5 Å². The zero-order chi connectivity index (χ0) is 14.2. The van der Waals surface area contributed by atoms with E-state index in [0.717, 1.165) is 18.2 Å². The van der Waals surface area contributed by atoms with Crippen molar-refractivity contribution in [2.75, 3.05) is 0 Å². The molecule has 0 amide bonds. The van der Waals surface area contributed by atoms with Crippen LogP contribution in [0.25, 0.3) is 11.3 Å².